The SMILES string of the molecule is O=Nc1ccc(SCl)cc1. The van der Waals surface area contributed by atoms with E-state index in [0.717, 1.165) is 15.9 Å². The van der Waals surface area contributed by atoms with Gasteiger partial charge < -0.3 is 0 Å². The molecule has 0 saturated carbocycles. The Bertz CT molecular complexity index is 224. The van der Waals surface area contributed by atoms with Crippen LogP contribution in [0.3, 0.4) is 0 Å². The van der Waals surface area contributed by atoms with Gasteiger partial charge in [-0.2, -0.15) is 0 Å². The molecule has 0 atom stereocenters. The molecule has 0 aliphatic rings. The Balaban J connectivity index is 2.90. The molecule has 0 radical (unpaired) electrons. The molecule has 1 aromatic carbocycles. The van der Waals surface area contributed by atoms with Crippen molar-refractivity contribution in [3.63, 3.8) is 0 Å². The Labute approximate surface area is 67.1 Å². The van der Waals surface area contributed by atoms with Crippen LogP contribution in [-0.2, 0) is 0 Å². The zero-order valence-corrected chi connectivity index (χ0v) is 6.52. The van der Waals surface area contributed by atoms with Crippen molar-refractivity contribution in [3.05, 3.63) is 29.2 Å². The highest BCUT2D eigenvalue weighted by Crippen LogP contribution is 2.23. The summed E-state index contributed by atoms with van der Waals surface area (Å²) < 4.78 is 0. The molecule has 1 aromatic rings. The summed E-state index contributed by atoms with van der Waals surface area (Å²) >= 11 is 0. The minimum atomic E-state index is 0.425. The Morgan fingerprint density at radius 2 is 1.90 bits per heavy atom. The van der Waals surface area contributed by atoms with Crippen LogP contribution in [0, 0.1) is 4.91 Å². The summed E-state index contributed by atoms with van der Waals surface area (Å²) in [5.41, 5.74) is 0.425. The van der Waals surface area contributed by atoms with E-state index < -0.39 is 0 Å². The standard InChI is InChI=1S/C6H4ClNOS/c7-10-6-3-1-5(8-9)2-4-6/h1-4H. The monoisotopic (exact) mass is 173 g/mol. The van der Waals surface area contributed by atoms with Crippen LogP contribution < -0.4 is 0 Å². The molecule has 0 N–H and O–H groups in total. The lowest BCUT2D eigenvalue weighted by Gasteiger charge is -1.90. The van der Waals surface area contributed by atoms with Crippen molar-refractivity contribution >= 4 is 27.3 Å². The van der Waals surface area contributed by atoms with E-state index in [-0.39, 0.29) is 0 Å². The summed E-state index contributed by atoms with van der Waals surface area (Å²) in [7, 11) is 6.55. The van der Waals surface area contributed by atoms with Crippen molar-refractivity contribution in [3.8, 4) is 0 Å². The molecule has 0 fully saturated rings. The lowest BCUT2D eigenvalue weighted by atomic mass is 10.3. The topological polar surface area (TPSA) is 29.4 Å². The summed E-state index contributed by atoms with van der Waals surface area (Å²) in [6.07, 6.45) is 0. The van der Waals surface area contributed by atoms with Gasteiger partial charge in [-0.3, -0.25) is 0 Å². The van der Waals surface area contributed by atoms with Crippen LogP contribution in [-0.4, -0.2) is 0 Å². The molecule has 0 saturated heterocycles. The van der Waals surface area contributed by atoms with E-state index >= 15 is 0 Å². The van der Waals surface area contributed by atoms with Crippen LogP contribution in [0.1, 0.15) is 0 Å². The van der Waals surface area contributed by atoms with E-state index in [1.807, 2.05) is 0 Å². The number of hydrogen-bond donors (Lipinski definition) is 0. The molecule has 0 unspecified atom stereocenters. The molecule has 2 nitrogen and oxygen atoms in total. The number of nitrogens with zero attached hydrogens (tertiary/aromatic N) is 1. The van der Waals surface area contributed by atoms with Crippen molar-refractivity contribution in [1.82, 2.24) is 0 Å². The largest absolute Gasteiger partial charge is 0.145 e. The van der Waals surface area contributed by atoms with E-state index in [9.17, 15) is 4.91 Å². The maximum absolute atomic E-state index is 9.92. The van der Waals surface area contributed by atoms with E-state index in [2.05, 4.69) is 5.18 Å². The number of hydrogen-bond acceptors (Lipinski definition) is 3. The third-order valence-electron chi connectivity index (χ3n) is 1.03. The Morgan fingerprint density at radius 1 is 1.30 bits per heavy atom. The lowest BCUT2D eigenvalue weighted by molar-refractivity contribution is 1.42. The number of benzene rings is 1. The highest BCUT2D eigenvalue weighted by atomic mass is 35.7. The molecule has 4 heteroatoms. The van der Waals surface area contributed by atoms with E-state index in [1.165, 1.54) is 0 Å². The van der Waals surface area contributed by atoms with Gasteiger partial charge in [0.1, 0.15) is 5.69 Å². The summed E-state index contributed by atoms with van der Waals surface area (Å²) in [4.78, 5) is 10.8. The summed E-state index contributed by atoms with van der Waals surface area (Å²) in [6.45, 7) is 0. The molecule has 52 valence electrons. The number of halogens is 1. The van der Waals surface area contributed by atoms with E-state index in [0.29, 0.717) is 5.69 Å². The van der Waals surface area contributed by atoms with Gasteiger partial charge in [-0.05, 0) is 51.1 Å². The first-order valence-electron chi connectivity index (χ1n) is 2.59. The van der Waals surface area contributed by atoms with Crippen molar-refractivity contribution in [2.45, 2.75) is 4.90 Å². The van der Waals surface area contributed by atoms with Gasteiger partial charge in [-0.15, -0.1) is 4.91 Å². The van der Waals surface area contributed by atoms with Gasteiger partial charge in [0.25, 0.3) is 0 Å². The molecule has 0 aliphatic heterocycles. The predicted octanol–water partition coefficient (Wildman–Crippen LogP) is 3.33. The van der Waals surface area contributed by atoms with Gasteiger partial charge in [-0.25, -0.2) is 0 Å². The van der Waals surface area contributed by atoms with Crippen molar-refractivity contribution in [1.29, 1.82) is 0 Å². The molecule has 0 aliphatic carbocycles. The molecular formula is C6H4ClNOS. The van der Waals surface area contributed by atoms with Crippen LogP contribution in [0.2, 0.25) is 0 Å². The van der Waals surface area contributed by atoms with Crippen molar-refractivity contribution < 1.29 is 0 Å². The fraction of sp³-hybridized carbons (Fsp3) is 0. The Hall–Kier alpha value is -0.540. The lowest BCUT2D eigenvalue weighted by Crippen LogP contribution is -1.64. The second-order valence-corrected chi connectivity index (χ2v) is 2.75. The molecule has 10 heavy (non-hydrogen) atoms. The zero-order valence-electron chi connectivity index (χ0n) is 4.95. The summed E-state index contributed by atoms with van der Waals surface area (Å²) in [6, 6.07) is 6.73. The van der Waals surface area contributed by atoms with Gasteiger partial charge in [0.05, 0.1) is 0 Å². The van der Waals surface area contributed by atoms with Gasteiger partial charge in [0.15, 0.2) is 0 Å². The van der Waals surface area contributed by atoms with E-state index in [1.54, 1.807) is 24.3 Å². The Morgan fingerprint density at radius 3 is 2.30 bits per heavy atom. The fourth-order valence-electron chi connectivity index (χ4n) is 0.558. The van der Waals surface area contributed by atoms with Gasteiger partial charge >= 0.3 is 0 Å². The Kier molecular flexibility index (Phi) is 2.71. The van der Waals surface area contributed by atoms with Crippen LogP contribution >= 0.6 is 21.7 Å². The second kappa shape index (κ2) is 3.58. The second-order valence-electron chi connectivity index (χ2n) is 1.66. The molecule has 0 heterocycles. The first-order valence-corrected chi connectivity index (χ1v) is 4.23. The van der Waals surface area contributed by atoms with Gasteiger partial charge in [0.2, 0.25) is 0 Å². The average molecular weight is 174 g/mol. The van der Waals surface area contributed by atoms with Gasteiger partial charge in [0, 0.05) is 4.90 Å². The minimum absolute atomic E-state index is 0.425. The molecule has 1 rings (SSSR count). The summed E-state index contributed by atoms with van der Waals surface area (Å²) in [5.74, 6) is 0. The number of rotatable bonds is 2. The first-order chi connectivity index (χ1) is 4.86. The van der Waals surface area contributed by atoms with Crippen molar-refractivity contribution in [2.24, 2.45) is 5.18 Å². The number of nitroso groups, excluding NO2 is 1. The normalized spacial score (nSPS) is 9.30. The van der Waals surface area contributed by atoms with Crippen LogP contribution in [0.5, 0.6) is 0 Å². The molecular weight excluding hydrogens is 170 g/mol. The third-order valence-corrected chi connectivity index (χ3v) is 2.02. The highest BCUT2D eigenvalue weighted by molar-refractivity contribution is 8.21. The minimum Gasteiger partial charge on any atom is -0.145 e. The molecule has 0 bridgehead atoms. The van der Waals surface area contributed by atoms with Crippen LogP contribution in [0.25, 0.3) is 0 Å². The molecule has 0 aromatic heterocycles. The zero-order chi connectivity index (χ0) is 7.40. The smallest absolute Gasteiger partial charge is 0.108 e. The van der Waals surface area contributed by atoms with Gasteiger partial charge in [-0.1, -0.05) is 0 Å². The molecule has 0 amide bonds. The third kappa shape index (κ3) is 1.72. The molecule has 0 spiro atoms. The average Bonchev–Trinajstić information content (AvgIpc) is 2.05. The maximum atomic E-state index is 9.92. The van der Waals surface area contributed by atoms with E-state index in [4.69, 9.17) is 10.7 Å². The first kappa shape index (κ1) is 7.57. The van der Waals surface area contributed by atoms with Crippen LogP contribution in [0.4, 0.5) is 5.69 Å². The fourth-order valence-corrected chi connectivity index (χ4v) is 1.11. The quantitative estimate of drug-likeness (QED) is 0.642. The summed E-state index contributed by atoms with van der Waals surface area (Å²) in [5, 5.41) is 2.74. The maximum Gasteiger partial charge on any atom is 0.108 e. The highest BCUT2D eigenvalue weighted by Gasteiger charge is 1.91. The van der Waals surface area contributed by atoms with Crippen molar-refractivity contribution in [2.75, 3.05) is 0 Å². The predicted molar refractivity (Wildman–Crippen MR) is 43.6 cm³/mol. The van der Waals surface area contributed by atoms with Crippen LogP contribution in [0.15, 0.2) is 34.3 Å².